The van der Waals surface area contributed by atoms with Crippen molar-refractivity contribution >= 4 is 28.5 Å². The molecule has 226 valence electrons. The Kier molecular flexibility index (Phi) is 9.75. The van der Waals surface area contributed by atoms with E-state index in [9.17, 15) is 4.79 Å². The summed E-state index contributed by atoms with van der Waals surface area (Å²) >= 11 is 6.26. The molecule has 1 saturated heterocycles. The van der Waals surface area contributed by atoms with Gasteiger partial charge in [0.15, 0.2) is 5.82 Å². The second-order valence-electron chi connectivity index (χ2n) is 11.4. The Morgan fingerprint density at radius 3 is 2.81 bits per heavy atom. The first-order valence-corrected chi connectivity index (χ1v) is 15.2. The van der Waals surface area contributed by atoms with Gasteiger partial charge >= 0.3 is 5.69 Å². The van der Waals surface area contributed by atoms with Gasteiger partial charge in [-0.05, 0) is 86.9 Å². The van der Waals surface area contributed by atoms with Gasteiger partial charge in [-0.15, -0.1) is 6.58 Å². The predicted molar refractivity (Wildman–Crippen MR) is 174 cm³/mol. The van der Waals surface area contributed by atoms with E-state index in [1.165, 1.54) is 10.1 Å². The van der Waals surface area contributed by atoms with Crippen molar-refractivity contribution in [3.8, 4) is 16.9 Å². The molecule has 0 bridgehead atoms. The van der Waals surface area contributed by atoms with Crippen LogP contribution in [0.2, 0.25) is 5.02 Å². The summed E-state index contributed by atoms with van der Waals surface area (Å²) in [5.41, 5.74) is 15.2. The monoisotopic (exact) mass is 603 g/mol. The lowest BCUT2D eigenvalue weighted by Crippen LogP contribution is -2.37. The summed E-state index contributed by atoms with van der Waals surface area (Å²) in [7, 11) is 0. The second kappa shape index (κ2) is 13.7. The summed E-state index contributed by atoms with van der Waals surface area (Å²) in [5.74, 6) is 0.0929. The highest BCUT2D eigenvalue weighted by Crippen LogP contribution is 2.32. The van der Waals surface area contributed by atoms with Crippen LogP contribution in [-0.2, 0) is 6.42 Å². The summed E-state index contributed by atoms with van der Waals surface area (Å²) in [5, 5.41) is 4.47. The molecule has 8 nitrogen and oxygen atoms in total. The van der Waals surface area contributed by atoms with Crippen molar-refractivity contribution in [2.75, 3.05) is 6.54 Å². The molecule has 10 heteroatoms. The van der Waals surface area contributed by atoms with Crippen molar-refractivity contribution in [1.29, 1.82) is 0 Å². The van der Waals surface area contributed by atoms with Gasteiger partial charge < -0.3 is 21.8 Å². The number of halogens is 2. The maximum atomic E-state index is 15.1. The molecule has 0 saturated carbocycles. The van der Waals surface area contributed by atoms with Crippen LogP contribution in [-0.4, -0.2) is 39.0 Å². The number of hydrogen-bond acceptors (Lipinski definition) is 5. The molecule has 0 spiro atoms. The Balaban J connectivity index is 1.35. The highest BCUT2D eigenvalue weighted by atomic mass is 35.5. The normalized spacial score (nSPS) is 18.2. The first kappa shape index (κ1) is 30.7. The van der Waals surface area contributed by atoms with Gasteiger partial charge in [0.2, 0.25) is 0 Å². The molecule has 43 heavy (non-hydrogen) atoms. The van der Waals surface area contributed by atoms with Crippen LogP contribution in [0.3, 0.4) is 0 Å². The van der Waals surface area contributed by atoms with Gasteiger partial charge in [0, 0.05) is 41.8 Å². The minimum Gasteiger partial charge on any atom is -0.388 e. The van der Waals surface area contributed by atoms with Crippen molar-refractivity contribution in [2.24, 2.45) is 16.5 Å². The van der Waals surface area contributed by atoms with Gasteiger partial charge in [-0.25, -0.2) is 9.18 Å². The van der Waals surface area contributed by atoms with Crippen LogP contribution < -0.4 is 22.5 Å². The second-order valence-corrected chi connectivity index (χ2v) is 11.8. The number of H-pyrrole nitrogens is 1. The first-order valence-electron chi connectivity index (χ1n) is 14.8. The van der Waals surface area contributed by atoms with Crippen molar-refractivity contribution in [3.63, 3.8) is 0 Å². The van der Waals surface area contributed by atoms with E-state index in [1.54, 1.807) is 30.5 Å². The Morgan fingerprint density at radius 1 is 1.28 bits per heavy atom. The Morgan fingerprint density at radius 2 is 2.07 bits per heavy atom. The number of hydrogen-bond donors (Lipinski definition) is 4. The maximum Gasteiger partial charge on any atom is 0.354 e. The number of benzene rings is 2. The number of amidine groups is 1. The molecule has 1 aliphatic rings. The molecule has 2 aromatic carbocycles. The predicted octanol–water partition coefficient (Wildman–Crippen LogP) is 5.96. The smallest absolute Gasteiger partial charge is 0.354 e. The molecule has 3 heterocycles. The summed E-state index contributed by atoms with van der Waals surface area (Å²) in [4.78, 5) is 24.7. The molecule has 2 aromatic heterocycles. The Hall–Kier alpha value is -3.79. The number of fused-ring (bicyclic) bond motifs is 1. The van der Waals surface area contributed by atoms with Gasteiger partial charge in [-0.1, -0.05) is 36.2 Å². The third kappa shape index (κ3) is 7.41. The number of nitrogens with zero attached hydrogens (tertiary/aromatic N) is 3. The minimum absolute atomic E-state index is 0.0461. The molecular formula is C33H39ClFN7O. The number of rotatable bonds is 11. The van der Waals surface area contributed by atoms with Crippen LogP contribution in [0, 0.1) is 5.82 Å². The van der Waals surface area contributed by atoms with Crippen molar-refractivity contribution in [1.82, 2.24) is 19.9 Å². The fourth-order valence-corrected chi connectivity index (χ4v) is 5.99. The first-order chi connectivity index (χ1) is 20.7. The van der Waals surface area contributed by atoms with Crippen molar-refractivity contribution < 1.29 is 4.39 Å². The van der Waals surface area contributed by atoms with Gasteiger partial charge in [-0.2, -0.15) is 4.98 Å². The van der Waals surface area contributed by atoms with Gasteiger partial charge in [0.05, 0.1) is 22.2 Å². The number of piperidine rings is 1. The maximum absolute atomic E-state index is 15.1. The van der Waals surface area contributed by atoms with Crippen LogP contribution in [0.25, 0.3) is 28.0 Å². The van der Waals surface area contributed by atoms with Crippen LogP contribution in [0.1, 0.15) is 62.6 Å². The van der Waals surface area contributed by atoms with E-state index in [0.717, 1.165) is 50.6 Å². The average Bonchev–Trinajstić information content (AvgIpc) is 3.41. The lowest BCUT2D eigenvalue weighted by atomic mass is 9.92. The van der Waals surface area contributed by atoms with E-state index in [0.29, 0.717) is 46.3 Å². The number of nitrogens with two attached hydrogens (primary N) is 2. The average molecular weight is 604 g/mol. The van der Waals surface area contributed by atoms with E-state index >= 15 is 4.39 Å². The van der Waals surface area contributed by atoms with Gasteiger partial charge in [-0.3, -0.25) is 9.56 Å². The Labute approximate surface area is 256 Å². The minimum atomic E-state index is -0.522. The molecule has 1 fully saturated rings. The molecule has 0 amide bonds. The summed E-state index contributed by atoms with van der Waals surface area (Å²) < 4.78 is 16.7. The molecule has 0 unspecified atom stereocenters. The summed E-state index contributed by atoms with van der Waals surface area (Å²) in [6.07, 6.45) is 10.0. The highest BCUT2D eigenvalue weighted by molar-refractivity contribution is 6.31. The van der Waals surface area contributed by atoms with Crippen LogP contribution in [0.4, 0.5) is 4.39 Å². The number of aromatic amines is 1. The fraction of sp³-hybridized carbons (Fsp3) is 0.364. The van der Waals surface area contributed by atoms with E-state index in [-0.39, 0.29) is 17.1 Å². The van der Waals surface area contributed by atoms with E-state index < -0.39 is 11.5 Å². The molecular weight excluding hydrogens is 565 g/mol. The molecule has 4 aromatic rings. The van der Waals surface area contributed by atoms with Crippen LogP contribution in [0.5, 0.6) is 0 Å². The summed E-state index contributed by atoms with van der Waals surface area (Å²) in [6, 6.07) is 13.8. The molecule has 1 aliphatic heterocycles. The zero-order valence-electron chi connectivity index (χ0n) is 24.5. The van der Waals surface area contributed by atoms with E-state index in [2.05, 4.69) is 39.0 Å². The summed E-state index contributed by atoms with van der Waals surface area (Å²) in [6.45, 7) is 6.25. The van der Waals surface area contributed by atoms with Crippen LogP contribution in [0.15, 0.2) is 71.1 Å². The molecule has 3 atom stereocenters. The fourth-order valence-electron chi connectivity index (χ4n) is 5.74. The molecule has 6 N–H and O–H groups in total. The molecule has 0 aliphatic carbocycles. The zero-order valence-corrected chi connectivity index (χ0v) is 25.2. The van der Waals surface area contributed by atoms with Crippen molar-refractivity contribution in [3.05, 3.63) is 93.8 Å². The van der Waals surface area contributed by atoms with E-state index in [4.69, 9.17) is 23.1 Å². The topological polar surface area (TPSA) is 127 Å². The molecule has 0 radical (unpaired) electrons. The third-order valence-corrected chi connectivity index (χ3v) is 8.36. The number of aliphatic imine (C=N–C) groups is 1. The zero-order chi connectivity index (χ0) is 30.5. The number of aryl methyl sites for hydroxylation is 1. The highest BCUT2D eigenvalue weighted by Gasteiger charge is 2.22. The largest absolute Gasteiger partial charge is 0.388 e. The van der Waals surface area contributed by atoms with Gasteiger partial charge in [0.25, 0.3) is 0 Å². The number of aromatic nitrogens is 3. The lowest BCUT2D eigenvalue weighted by Gasteiger charge is -2.31. The number of nitrogens with one attached hydrogen (secondary N) is 2. The third-order valence-electron chi connectivity index (χ3n) is 8.09. The van der Waals surface area contributed by atoms with Crippen molar-refractivity contribution in [2.45, 2.75) is 70.0 Å². The lowest BCUT2D eigenvalue weighted by molar-refractivity contribution is 0.315. The molecule has 5 rings (SSSR count). The van der Waals surface area contributed by atoms with Gasteiger partial charge in [0.1, 0.15) is 5.65 Å². The Bertz CT molecular complexity index is 1670. The SMILES string of the molecule is C=C[C@H](N)CCCc1cc(Cl)c(F)c(-c2cc3cn(-c4ccc([C@@H]5CCC[C@@H](CCN=C(C)N)N5)cc4)c(=O)nc3[nH]2)c1. The van der Waals surface area contributed by atoms with Crippen LogP contribution >= 0.6 is 11.6 Å². The standard InChI is InChI=1S/C33H39ClFN7O/c1-3-24(37)7-4-6-21-16-27(31(35)28(34)17-21)30-18-23-19-42(33(43)41-32(23)40-30)26-12-10-22(11-13-26)29-9-5-8-25(39-29)14-15-38-20(2)36/h3,10-13,16-19,24-25,29,39H,1,4-9,14-15,37H2,2H3,(H2,36,38)(H,40,41,43)/t24-,25-,29-/m0/s1. The quantitative estimate of drug-likeness (QED) is 0.0956. The van der Waals surface area contributed by atoms with E-state index in [1.807, 2.05) is 19.1 Å².